The van der Waals surface area contributed by atoms with Crippen molar-refractivity contribution in [1.29, 1.82) is 0 Å². The molecule has 7 heteroatoms. The Morgan fingerprint density at radius 1 is 1.40 bits per heavy atom. The van der Waals surface area contributed by atoms with E-state index in [0.29, 0.717) is 11.8 Å². The Morgan fingerprint density at radius 2 is 2.20 bits per heavy atom. The van der Waals surface area contributed by atoms with Gasteiger partial charge in [-0.05, 0) is 0 Å². The molecule has 4 nitrogen and oxygen atoms in total. The maximum atomic E-state index is 11.1. The molecule has 0 aliphatic carbocycles. The fourth-order valence-electron chi connectivity index (χ4n) is 1.07. The van der Waals surface area contributed by atoms with Crippen LogP contribution in [-0.2, 0) is 4.79 Å². The van der Waals surface area contributed by atoms with Crippen molar-refractivity contribution in [3.63, 3.8) is 0 Å². The Hall–Kier alpha value is -0.0700. The highest BCUT2D eigenvalue weighted by atomic mass is 35.5. The summed E-state index contributed by atoms with van der Waals surface area (Å²) in [6.07, 6.45) is 0. The molecule has 1 aliphatic rings. The predicted molar refractivity (Wildman–Crippen MR) is 65.8 cm³/mol. The molecule has 0 aromatic heterocycles. The van der Waals surface area contributed by atoms with Gasteiger partial charge < -0.3 is 5.32 Å². The van der Waals surface area contributed by atoms with Crippen LogP contribution in [0.25, 0.3) is 0 Å². The average Bonchev–Trinajstić information content (AvgIpc) is 2.27. The third-order valence-electron chi connectivity index (χ3n) is 1.75. The molecule has 1 atom stereocenters. The fourth-order valence-corrected chi connectivity index (χ4v) is 3.74. The van der Waals surface area contributed by atoms with Crippen molar-refractivity contribution in [3.8, 4) is 0 Å². The number of rotatable bonds is 3. The first kappa shape index (κ1) is 13.0. The Balaban J connectivity index is 2.12. The molecule has 0 spiro atoms. The largest absolute Gasteiger partial charge is 0.337 e. The lowest BCUT2D eigenvalue weighted by Gasteiger charge is -2.20. The van der Waals surface area contributed by atoms with Crippen LogP contribution in [0, 0.1) is 0 Å². The number of nitrogens with one attached hydrogen (secondary N) is 2. The summed E-state index contributed by atoms with van der Waals surface area (Å²) >= 11 is 8.99. The van der Waals surface area contributed by atoms with E-state index in [1.807, 2.05) is 23.5 Å². The molecule has 1 saturated heterocycles. The molecule has 0 aromatic carbocycles. The number of carbonyl (C=O) groups is 2. The minimum absolute atomic E-state index is 0.193. The lowest BCUT2D eigenvalue weighted by atomic mass is 10.5. The third-order valence-corrected chi connectivity index (χ3v) is 4.84. The molecule has 0 saturated carbocycles. The number of urea groups is 1. The molecule has 1 aliphatic heterocycles. The lowest BCUT2D eigenvalue weighted by molar-refractivity contribution is -0.117. The molecule has 86 valence electrons. The first-order chi connectivity index (χ1) is 7.22. The Labute approximate surface area is 102 Å². The zero-order chi connectivity index (χ0) is 11.1. The van der Waals surface area contributed by atoms with Gasteiger partial charge >= 0.3 is 6.03 Å². The van der Waals surface area contributed by atoms with Gasteiger partial charge in [-0.1, -0.05) is 0 Å². The van der Waals surface area contributed by atoms with Crippen LogP contribution < -0.4 is 10.6 Å². The van der Waals surface area contributed by atoms with Crippen molar-refractivity contribution in [2.24, 2.45) is 0 Å². The van der Waals surface area contributed by atoms with E-state index in [4.69, 9.17) is 11.6 Å². The van der Waals surface area contributed by atoms with Crippen LogP contribution in [0.2, 0.25) is 0 Å². The molecular weight excluding hydrogens is 256 g/mol. The number of hydrogen-bond donors (Lipinski definition) is 2. The molecule has 1 heterocycles. The SMILES string of the molecule is O=C(CCl)NC(=O)NCC1CSCCS1. The van der Waals surface area contributed by atoms with Crippen LogP contribution >= 0.6 is 35.1 Å². The van der Waals surface area contributed by atoms with Gasteiger partial charge in [0.1, 0.15) is 5.88 Å². The van der Waals surface area contributed by atoms with E-state index in [2.05, 4.69) is 10.6 Å². The van der Waals surface area contributed by atoms with Crippen LogP contribution in [0.15, 0.2) is 0 Å². The number of halogens is 1. The molecule has 0 radical (unpaired) electrons. The Bertz CT molecular complexity index is 235. The standard InChI is InChI=1S/C8H13ClN2O2S2/c9-3-7(12)11-8(13)10-4-6-5-14-1-2-15-6/h6H,1-5H2,(H2,10,11,12,13). The van der Waals surface area contributed by atoms with E-state index in [-0.39, 0.29) is 5.88 Å². The Morgan fingerprint density at radius 3 is 2.80 bits per heavy atom. The van der Waals surface area contributed by atoms with Gasteiger partial charge in [-0.15, -0.1) is 11.6 Å². The number of alkyl halides is 1. The van der Waals surface area contributed by atoms with Gasteiger partial charge in [-0.3, -0.25) is 10.1 Å². The van der Waals surface area contributed by atoms with E-state index in [1.165, 1.54) is 5.75 Å². The highest BCUT2D eigenvalue weighted by Gasteiger charge is 2.15. The first-order valence-electron chi connectivity index (χ1n) is 4.55. The van der Waals surface area contributed by atoms with E-state index in [0.717, 1.165) is 11.5 Å². The maximum absolute atomic E-state index is 11.1. The number of hydrogen-bond acceptors (Lipinski definition) is 4. The van der Waals surface area contributed by atoms with Crippen LogP contribution in [0.3, 0.4) is 0 Å². The van der Waals surface area contributed by atoms with Crippen LogP contribution in [0.1, 0.15) is 0 Å². The number of amides is 3. The Kier molecular flexibility index (Phi) is 6.28. The van der Waals surface area contributed by atoms with E-state index in [1.54, 1.807) is 0 Å². The van der Waals surface area contributed by atoms with Crippen molar-refractivity contribution < 1.29 is 9.59 Å². The molecule has 1 unspecified atom stereocenters. The van der Waals surface area contributed by atoms with Gasteiger partial charge in [0.05, 0.1) is 0 Å². The van der Waals surface area contributed by atoms with Gasteiger partial charge in [0.25, 0.3) is 0 Å². The van der Waals surface area contributed by atoms with E-state index in [9.17, 15) is 9.59 Å². The van der Waals surface area contributed by atoms with Crippen molar-refractivity contribution in [3.05, 3.63) is 0 Å². The van der Waals surface area contributed by atoms with Crippen molar-refractivity contribution in [2.75, 3.05) is 29.7 Å². The molecule has 0 aromatic rings. The summed E-state index contributed by atoms with van der Waals surface area (Å²) in [5.74, 6) is 2.69. The monoisotopic (exact) mass is 268 g/mol. The van der Waals surface area contributed by atoms with Crippen molar-refractivity contribution >= 4 is 47.1 Å². The van der Waals surface area contributed by atoms with E-state index < -0.39 is 11.9 Å². The van der Waals surface area contributed by atoms with Crippen molar-refractivity contribution in [2.45, 2.75) is 5.25 Å². The lowest BCUT2D eigenvalue weighted by Crippen LogP contribution is -2.43. The summed E-state index contributed by atoms with van der Waals surface area (Å²) < 4.78 is 0. The second-order valence-corrected chi connectivity index (χ2v) is 5.78. The average molecular weight is 269 g/mol. The molecule has 2 N–H and O–H groups in total. The van der Waals surface area contributed by atoms with Gasteiger partial charge in [0, 0.05) is 29.1 Å². The minimum Gasteiger partial charge on any atom is -0.337 e. The zero-order valence-electron chi connectivity index (χ0n) is 8.12. The summed E-state index contributed by atoms with van der Waals surface area (Å²) in [7, 11) is 0. The summed E-state index contributed by atoms with van der Waals surface area (Å²) in [6.45, 7) is 0.596. The van der Waals surface area contributed by atoms with Crippen LogP contribution in [-0.4, -0.2) is 46.9 Å². The number of thioether (sulfide) groups is 2. The molecule has 1 fully saturated rings. The smallest absolute Gasteiger partial charge is 0.321 e. The second-order valence-electron chi connectivity index (χ2n) is 2.96. The van der Waals surface area contributed by atoms with Crippen LogP contribution in [0.4, 0.5) is 4.79 Å². The fraction of sp³-hybridized carbons (Fsp3) is 0.750. The number of imide groups is 1. The molecule has 0 bridgehead atoms. The maximum Gasteiger partial charge on any atom is 0.321 e. The highest BCUT2D eigenvalue weighted by molar-refractivity contribution is 8.06. The molecule has 1 rings (SSSR count). The van der Waals surface area contributed by atoms with E-state index >= 15 is 0 Å². The van der Waals surface area contributed by atoms with Crippen LogP contribution in [0.5, 0.6) is 0 Å². The summed E-state index contributed by atoms with van der Waals surface area (Å²) in [5.41, 5.74) is 0. The third kappa shape index (κ3) is 5.53. The second kappa shape index (κ2) is 7.24. The van der Waals surface area contributed by atoms with Gasteiger partial charge in [-0.2, -0.15) is 23.5 Å². The minimum atomic E-state index is -0.472. The normalized spacial score (nSPS) is 20.7. The first-order valence-corrected chi connectivity index (χ1v) is 7.29. The van der Waals surface area contributed by atoms with Gasteiger partial charge in [-0.25, -0.2) is 4.79 Å². The molecule has 15 heavy (non-hydrogen) atoms. The topological polar surface area (TPSA) is 58.2 Å². The highest BCUT2D eigenvalue weighted by Crippen LogP contribution is 2.23. The van der Waals surface area contributed by atoms with Crippen molar-refractivity contribution in [1.82, 2.24) is 10.6 Å². The van der Waals surface area contributed by atoms with Gasteiger partial charge in [0.2, 0.25) is 5.91 Å². The predicted octanol–water partition coefficient (Wildman–Crippen LogP) is 0.900. The summed E-state index contributed by atoms with van der Waals surface area (Å²) in [6, 6.07) is -0.461. The summed E-state index contributed by atoms with van der Waals surface area (Å²) in [5, 5.41) is 5.23. The summed E-state index contributed by atoms with van der Waals surface area (Å²) in [4.78, 5) is 21.9. The van der Waals surface area contributed by atoms with Gasteiger partial charge in [0.15, 0.2) is 0 Å². The molecule has 3 amide bonds. The quantitative estimate of drug-likeness (QED) is 0.747. The molecular formula is C8H13ClN2O2S2. The zero-order valence-corrected chi connectivity index (χ0v) is 10.5. The number of carbonyl (C=O) groups excluding carboxylic acids is 2.